The minimum absolute atomic E-state index is 0.441. The molecule has 4 heteroatoms. The highest BCUT2D eigenvalue weighted by Gasteiger charge is 2.38. The summed E-state index contributed by atoms with van der Waals surface area (Å²) in [5, 5.41) is 12.7. The van der Waals surface area contributed by atoms with E-state index in [4.69, 9.17) is 0 Å². The number of rotatable bonds is 8. The zero-order chi connectivity index (χ0) is 13.9. The predicted octanol–water partition coefficient (Wildman–Crippen LogP) is 2.24. The van der Waals surface area contributed by atoms with Crippen LogP contribution in [0.15, 0.2) is 0 Å². The van der Waals surface area contributed by atoms with Crippen LogP contribution in [0.5, 0.6) is 0 Å². The number of hydrogen-bond donors (Lipinski definition) is 2. The van der Waals surface area contributed by atoms with Crippen molar-refractivity contribution in [3.8, 4) is 0 Å². The van der Waals surface area contributed by atoms with Crippen molar-refractivity contribution in [2.45, 2.75) is 76.4 Å². The minimum Gasteiger partial charge on any atom is -0.480 e. The molecule has 0 aromatic rings. The summed E-state index contributed by atoms with van der Waals surface area (Å²) in [6.45, 7) is 6.33. The molecule has 0 spiro atoms. The Kier molecular flexibility index (Phi) is 4.85. The molecule has 2 fully saturated rings. The van der Waals surface area contributed by atoms with Crippen LogP contribution >= 0.6 is 0 Å². The molecule has 1 aliphatic carbocycles. The van der Waals surface area contributed by atoms with Crippen LogP contribution in [0.4, 0.5) is 0 Å². The minimum atomic E-state index is -0.734. The third kappa shape index (κ3) is 3.93. The van der Waals surface area contributed by atoms with Gasteiger partial charge in [-0.25, -0.2) is 0 Å². The summed E-state index contributed by atoms with van der Waals surface area (Å²) in [6.07, 6.45) is 7.79. The van der Waals surface area contributed by atoms with E-state index in [0.717, 1.165) is 38.3 Å². The molecule has 1 saturated carbocycles. The lowest BCUT2D eigenvalue weighted by atomic mass is 9.95. The van der Waals surface area contributed by atoms with E-state index in [1.807, 2.05) is 6.92 Å². The van der Waals surface area contributed by atoms with E-state index >= 15 is 0 Å². The van der Waals surface area contributed by atoms with E-state index in [1.165, 1.54) is 25.8 Å². The number of aliphatic carboxylic acids is 1. The standard InChI is InChI=1S/C15H28N2O2/c1-3-13-6-4-10-17(13)11-5-9-15(2,14(18)19)16-12-7-8-12/h12-13,16H,3-11H2,1-2H3,(H,18,19). The molecule has 0 radical (unpaired) electrons. The van der Waals surface area contributed by atoms with Crippen LogP contribution in [0.25, 0.3) is 0 Å². The third-order valence-corrected chi connectivity index (χ3v) is 4.66. The van der Waals surface area contributed by atoms with Crippen molar-refractivity contribution in [1.29, 1.82) is 0 Å². The smallest absolute Gasteiger partial charge is 0.323 e. The Bertz CT molecular complexity index is 317. The Morgan fingerprint density at radius 2 is 2.16 bits per heavy atom. The fourth-order valence-corrected chi connectivity index (χ4v) is 3.21. The number of nitrogens with one attached hydrogen (secondary N) is 1. The predicted molar refractivity (Wildman–Crippen MR) is 76.3 cm³/mol. The van der Waals surface area contributed by atoms with Gasteiger partial charge >= 0.3 is 5.97 Å². The van der Waals surface area contributed by atoms with E-state index in [1.54, 1.807) is 0 Å². The average Bonchev–Trinajstić information content (AvgIpc) is 3.05. The summed E-state index contributed by atoms with van der Waals surface area (Å²) in [5.41, 5.74) is -0.734. The molecule has 2 aliphatic rings. The molecule has 2 atom stereocenters. The van der Waals surface area contributed by atoms with Gasteiger partial charge < -0.3 is 10.0 Å². The Labute approximate surface area is 116 Å². The number of nitrogens with zero attached hydrogens (tertiary/aromatic N) is 1. The molecule has 0 amide bonds. The highest BCUT2D eigenvalue weighted by atomic mass is 16.4. The molecule has 1 saturated heterocycles. The SMILES string of the molecule is CCC1CCCN1CCCC(C)(NC1CC1)C(=O)O. The van der Waals surface area contributed by atoms with Crippen molar-refractivity contribution in [3.63, 3.8) is 0 Å². The second-order valence-corrected chi connectivity index (χ2v) is 6.40. The van der Waals surface area contributed by atoms with Gasteiger partial charge in [0, 0.05) is 12.1 Å². The lowest BCUT2D eigenvalue weighted by Gasteiger charge is -2.29. The van der Waals surface area contributed by atoms with Crippen molar-refractivity contribution in [2.24, 2.45) is 0 Å². The molecule has 0 aromatic heterocycles. The summed E-state index contributed by atoms with van der Waals surface area (Å²) in [5.74, 6) is -0.701. The molecule has 2 rings (SSSR count). The van der Waals surface area contributed by atoms with Gasteiger partial charge in [-0.15, -0.1) is 0 Å². The fourth-order valence-electron chi connectivity index (χ4n) is 3.21. The van der Waals surface area contributed by atoms with E-state index < -0.39 is 11.5 Å². The summed E-state index contributed by atoms with van der Waals surface area (Å²) in [4.78, 5) is 14.0. The highest BCUT2D eigenvalue weighted by Crippen LogP contribution is 2.26. The zero-order valence-electron chi connectivity index (χ0n) is 12.3. The number of carboxylic acids is 1. The molecule has 0 bridgehead atoms. The van der Waals surface area contributed by atoms with Crippen LogP contribution in [0.3, 0.4) is 0 Å². The molecule has 19 heavy (non-hydrogen) atoms. The van der Waals surface area contributed by atoms with Gasteiger partial charge in [0.15, 0.2) is 0 Å². The molecular weight excluding hydrogens is 240 g/mol. The molecular formula is C15H28N2O2. The van der Waals surface area contributed by atoms with Crippen LogP contribution in [0, 0.1) is 0 Å². The van der Waals surface area contributed by atoms with Crippen molar-refractivity contribution in [2.75, 3.05) is 13.1 Å². The average molecular weight is 268 g/mol. The van der Waals surface area contributed by atoms with Crippen LogP contribution < -0.4 is 5.32 Å². The van der Waals surface area contributed by atoms with Crippen molar-refractivity contribution < 1.29 is 9.90 Å². The van der Waals surface area contributed by atoms with Gasteiger partial charge in [0.05, 0.1) is 0 Å². The van der Waals surface area contributed by atoms with Crippen molar-refractivity contribution >= 4 is 5.97 Å². The van der Waals surface area contributed by atoms with E-state index in [0.29, 0.717) is 6.04 Å². The molecule has 2 N–H and O–H groups in total. The van der Waals surface area contributed by atoms with Crippen LogP contribution in [0.1, 0.15) is 58.8 Å². The van der Waals surface area contributed by atoms with E-state index in [9.17, 15) is 9.90 Å². The van der Waals surface area contributed by atoms with Gasteiger partial charge in [-0.05, 0) is 65.0 Å². The fraction of sp³-hybridized carbons (Fsp3) is 0.933. The quantitative estimate of drug-likeness (QED) is 0.709. The summed E-state index contributed by atoms with van der Waals surface area (Å²) < 4.78 is 0. The topological polar surface area (TPSA) is 52.6 Å². The molecule has 1 heterocycles. The Morgan fingerprint density at radius 1 is 1.42 bits per heavy atom. The maximum Gasteiger partial charge on any atom is 0.323 e. The van der Waals surface area contributed by atoms with Crippen LogP contribution in [-0.4, -0.2) is 46.7 Å². The number of carbonyl (C=O) groups is 1. The van der Waals surface area contributed by atoms with Gasteiger partial charge in [-0.1, -0.05) is 6.92 Å². The van der Waals surface area contributed by atoms with E-state index in [-0.39, 0.29) is 0 Å². The first-order chi connectivity index (χ1) is 9.05. The second kappa shape index (κ2) is 6.23. The second-order valence-electron chi connectivity index (χ2n) is 6.40. The largest absolute Gasteiger partial charge is 0.480 e. The first kappa shape index (κ1) is 14.8. The summed E-state index contributed by atoms with van der Waals surface area (Å²) in [6, 6.07) is 1.17. The molecule has 4 nitrogen and oxygen atoms in total. The monoisotopic (exact) mass is 268 g/mol. The normalized spacial score (nSPS) is 27.4. The van der Waals surface area contributed by atoms with E-state index in [2.05, 4.69) is 17.1 Å². The number of likely N-dealkylation sites (tertiary alicyclic amines) is 1. The number of carboxylic acid groups (broad SMARTS) is 1. The zero-order valence-corrected chi connectivity index (χ0v) is 12.3. The summed E-state index contributed by atoms with van der Waals surface area (Å²) >= 11 is 0. The van der Waals surface area contributed by atoms with Crippen LogP contribution in [0.2, 0.25) is 0 Å². The van der Waals surface area contributed by atoms with Crippen LogP contribution in [-0.2, 0) is 4.79 Å². The lowest BCUT2D eigenvalue weighted by molar-refractivity contribution is -0.144. The third-order valence-electron chi connectivity index (χ3n) is 4.66. The Hall–Kier alpha value is -0.610. The van der Waals surface area contributed by atoms with Crippen molar-refractivity contribution in [1.82, 2.24) is 10.2 Å². The van der Waals surface area contributed by atoms with Crippen molar-refractivity contribution in [3.05, 3.63) is 0 Å². The summed E-state index contributed by atoms with van der Waals surface area (Å²) in [7, 11) is 0. The molecule has 110 valence electrons. The Balaban J connectivity index is 1.77. The van der Waals surface area contributed by atoms with Gasteiger partial charge in [0.2, 0.25) is 0 Å². The maximum absolute atomic E-state index is 11.5. The van der Waals surface area contributed by atoms with Gasteiger partial charge in [-0.2, -0.15) is 0 Å². The maximum atomic E-state index is 11.5. The first-order valence-corrected chi connectivity index (χ1v) is 7.80. The van der Waals surface area contributed by atoms with Gasteiger partial charge in [0.1, 0.15) is 5.54 Å². The van der Waals surface area contributed by atoms with Gasteiger partial charge in [0.25, 0.3) is 0 Å². The highest BCUT2D eigenvalue weighted by molar-refractivity contribution is 5.78. The number of hydrogen-bond acceptors (Lipinski definition) is 3. The first-order valence-electron chi connectivity index (χ1n) is 7.80. The molecule has 0 aromatic carbocycles. The van der Waals surface area contributed by atoms with Gasteiger partial charge in [-0.3, -0.25) is 10.1 Å². The Morgan fingerprint density at radius 3 is 2.74 bits per heavy atom. The molecule has 1 aliphatic heterocycles. The lowest BCUT2D eigenvalue weighted by Crippen LogP contribution is -2.51. The molecule has 2 unspecified atom stereocenters.